The fourth-order valence-corrected chi connectivity index (χ4v) is 2.18. The van der Waals surface area contributed by atoms with Crippen molar-refractivity contribution in [2.24, 2.45) is 5.10 Å². The van der Waals surface area contributed by atoms with E-state index in [2.05, 4.69) is 5.10 Å². The summed E-state index contributed by atoms with van der Waals surface area (Å²) < 4.78 is 51.9. The zero-order valence-electron chi connectivity index (χ0n) is 13.8. The van der Waals surface area contributed by atoms with Gasteiger partial charge in [0, 0.05) is 17.7 Å². The highest BCUT2D eigenvalue weighted by Gasteiger charge is 2.37. The van der Waals surface area contributed by atoms with Crippen LogP contribution < -0.4 is 5.43 Å². The lowest BCUT2D eigenvalue weighted by Gasteiger charge is -2.10. The van der Waals surface area contributed by atoms with Crippen molar-refractivity contribution < 1.29 is 32.5 Å². The van der Waals surface area contributed by atoms with Crippen molar-refractivity contribution in [1.82, 2.24) is 0 Å². The summed E-state index contributed by atoms with van der Waals surface area (Å²) in [5, 5.41) is 35.5. The summed E-state index contributed by atoms with van der Waals surface area (Å²) in [7, 11) is 0. The molecular weight excluding hydrogens is 392 g/mol. The Balaban J connectivity index is 2.59. The second-order valence-corrected chi connectivity index (χ2v) is 5.37. The van der Waals surface area contributed by atoms with E-state index in [0.29, 0.717) is 0 Å². The molecular formula is C15H10F4N4O5. The van der Waals surface area contributed by atoms with Crippen LogP contribution in [0.4, 0.5) is 34.6 Å². The fourth-order valence-electron chi connectivity index (χ4n) is 2.18. The quantitative estimate of drug-likeness (QED) is 0.333. The lowest BCUT2D eigenvalue weighted by molar-refractivity contribution is -0.392. The third-order valence-corrected chi connectivity index (χ3v) is 3.50. The second-order valence-electron chi connectivity index (χ2n) is 5.37. The number of benzene rings is 2. The molecule has 0 radical (unpaired) electrons. The lowest BCUT2D eigenvalue weighted by atomic mass is 10.1. The van der Waals surface area contributed by atoms with Crippen LogP contribution in [-0.2, 0) is 6.18 Å². The van der Waals surface area contributed by atoms with Gasteiger partial charge < -0.3 is 5.11 Å². The van der Waals surface area contributed by atoms with Gasteiger partial charge in [0.1, 0.15) is 11.6 Å². The van der Waals surface area contributed by atoms with Crippen molar-refractivity contribution in [3.05, 3.63) is 67.5 Å². The number of hydrogen-bond donors (Lipinski definition) is 2. The van der Waals surface area contributed by atoms with E-state index in [1.54, 1.807) is 0 Å². The van der Waals surface area contributed by atoms with Crippen molar-refractivity contribution in [1.29, 1.82) is 0 Å². The van der Waals surface area contributed by atoms with Crippen LogP contribution in [-0.4, -0.2) is 20.7 Å². The molecule has 0 amide bonds. The molecule has 0 atom stereocenters. The zero-order chi connectivity index (χ0) is 21.2. The smallest absolute Gasteiger partial charge is 0.416 e. The van der Waals surface area contributed by atoms with Gasteiger partial charge in [-0.1, -0.05) is 0 Å². The molecule has 2 aromatic rings. The number of phenolic OH excluding ortho intramolecular Hbond substituents is 1. The van der Waals surface area contributed by atoms with Crippen LogP contribution in [0.1, 0.15) is 18.1 Å². The molecule has 0 saturated carbocycles. The van der Waals surface area contributed by atoms with E-state index >= 15 is 0 Å². The molecule has 0 bridgehead atoms. The summed E-state index contributed by atoms with van der Waals surface area (Å²) in [6.07, 6.45) is -5.05. The molecule has 2 rings (SSSR count). The van der Waals surface area contributed by atoms with Crippen LogP contribution in [0.5, 0.6) is 5.75 Å². The van der Waals surface area contributed by atoms with Crippen molar-refractivity contribution in [2.45, 2.75) is 13.1 Å². The summed E-state index contributed by atoms with van der Waals surface area (Å²) in [6.45, 7) is 1.24. The normalized spacial score (nSPS) is 12.0. The largest absolute Gasteiger partial charge is 0.507 e. The van der Waals surface area contributed by atoms with Crippen molar-refractivity contribution >= 4 is 22.8 Å². The number of anilines is 1. The Kier molecular flexibility index (Phi) is 5.47. The average Bonchev–Trinajstić information content (AvgIpc) is 2.59. The molecule has 2 aromatic carbocycles. The lowest BCUT2D eigenvalue weighted by Crippen LogP contribution is -2.10. The van der Waals surface area contributed by atoms with Crippen LogP contribution in [0.25, 0.3) is 0 Å². The highest BCUT2D eigenvalue weighted by atomic mass is 19.4. The summed E-state index contributed by atoms with van der Waals surface area (Å²) in [6, 6.07) is 3.09. The number of nitro groups is 2. The molecule has 0 unspecified atom stereocenters. The van der Waals surface area contributed by atoms with E-state index in [4.69, 9.17) is 0 Å². The first-order valence-electron chi connectivity index (χ1n) is 7.25. The molecule has 13 heteroatoms. The van der Waals surface area contributed by atoms with Crippen LogP contribution in [0.15, 0.2) is 35.4 Å². The number of halogens is 4. The van der Waals surface area contributed by atoms with Crippen LogP contribution in [0.2, 0.25) is 0 Å². The van der Waals surface area contributed by atoms with Gasteiger partial charge in [-0.25, -0.2) is 4.39 Å². The van der Waals surface area contributed by atoms with Gasteiger partial charge in [0.05, 0.1) is 21.1 Å². The maximum Gasteiger partial charge on any atom is 0.416 e. The molecule has 0 fully saturated rings. The highest BCUT2D eigenvalue weighted by molar-refractivity contribution is 6.01. The van der Waals surface area contributed by atoms with Gasteiger partial charge in [0.2, 0.25) is 5.69 Å². The predicted molar refractivity (Wildman–Crippen MR) is 88.7 cm³/mol. The Bertz CT molecular complexity index is 956. The molecule has 28 heavy (non-hydrogen) atoms. The molecule has 9 nitrogen and oxygen atoms in total. The van der Waals surface area contributed by atoms with E-state index < -0.39 is 50.2 Å². The SMILES string of the molecule is C/C(=N\Nc1c([N+](=O)[O-])cc(C(F)(F)F)cc1[N+](=O)[O-])c1cc(F)ccc1O. The molecule has 0 aliphatic rings. The van der Waals surface area contributed by atoms with Gasteiger partial charge in [0.25, 0.3) is 0 Å². The van der Waals surface area contributed by atoms with Crippen molar-refractivity contribution in [2.75, 3.05) is 5.43 Å². The Morgan fingerprint density at radius 2 is 1.64 bits per heavy atom. The van der Waals surface area contributed by atoms with Gasteiger partial charge in [0.15, 0.2) is 0 Å². The minimum atomic E-state index is -5.05. The average molecular weight is 402 g/mol. The molecule has 0 aliphatic carbocycles. The van der Waals surface area contributed by atoms with E-state index in [1.165, 1.54) is 6.92 Å². The molecule has 0 saturated heterocycles. The topological polar surface area (TPSA) is 131 Å². The van der Waals surface area contributed by atoms with E-state index in [1.807, 2.05) is 5.43 Å². The minimum Gasteiger partial charge on any atom is -0.507 e. The zero-order valence-corrected chi connectivity index (χ0v) is 13.8. The summed E-state index contributed by atoms with van der Waals surface area (Å²) in [5.74, 6) is -1.14. The molecule has 0 heterocycles. The number of aromatic hydroxyl groups is 1. The first kappa shape index (κ1) is 20.5. The third kappa shape index (κ3) is 4.31. The third-order valence-electron chi connectivity index (χ3n) is 3.50. The molecule has 2 N–H and O–H groups in total. The Hall–Kier alpha value is -3.77. The minimum absolute atomic E-state index is 0.125. The van der Waals surface area contributed by atoms with Crippen molar-refractivity contribution in [3.8, 4) is 5.75 Å². The fraction of sp³-hybridized carbons (Fsp3) is 0.133. The van der Waals surface area contributed by atoms with Gasteiger partial charge >= 0.3 is 17.6 Å². The summed E-state index contributed by atoms with van der Waals surface area (Å²) >= 11 is 0. The maximum atomic E-state index is 13.3. The van der Waals surface area contributed by atoms with Gasteiger partial charge in [-0.2, -0.15) is 18.3 Å². The Labute approximate surface area is 153 Å². The number of hydrogen-bond acceptors (Lipinski definition) is 7. The Morgan fingerprint density at radius 1 is 1.11 bits per heavy atom. The predicted octanol–water partition coefficient (Wildman–Crippen LogP) is 4.20. The van der Waals surface area contributed by atoms with Crippen LogP contribution in [0, 0.1) is 26.0 Å². The van der Waals surface area contributed by atoms with E-state index in [0.717, 1.165) is 18.2 Å². The number of nitrogens with one attached hydrogen (secondary N) is 1. The highest BCUT2D eigenvalue weighted by Crippen LogP contribution is 2.41. The van der Waals surface area contributed by atoms with Crippen molar-refractivity contribution in [3.63, 3.8) is 0 Å². The molecule has 0 aromatic heterocycles. The van der Waals surface area contributed by atoms with Gasteiger partial charge in [-0.15, -0.1) is 0 Å². The summed E-state index contributed by atoms with van der Waals surface area (Å²) in [5.41, 5.74) is -3.26. The molecule has 0 aliphatic heterocycles. The van der Waals surface area contributed by atoms with Gasteiger partial charge in [-0.3, -0.25) is 25.7 Å². The van der Waals surface area contributed by atoms with Gasteiger partial charge in [-0.05, 0) is 25.1 Å². The number of hydrazone groups is 1. The Morgan fingerprint density at radius 3 is 2.11 bits per heavy atom. The number of alkyl halides is 3. The van der Waals surface area contributed by atoms with Crippen LogP contribution >= 0.6 is 0 Å². The first-order chi connectivity index (χ1) is 12.9. The first-order valence-corrected chi connectivity index (χ1v) is 7.25. The van der Waals surface area contributed by atoms with Crippen LogP contribution in [0.3, 0.4) is 0 Å². The van der Waals surface area contributed by atoms with E-state index in [-0.39, 0.29) is 23.4 Å². The monoisotopic (exact) mass is 402 g/mol. The number of nitrogens with zero attached hydrogens (tertiary/aromatic N) is 3. The maximum absolute atomic E-state index is 13.3. The second kappa shape index (κ2) is 7.46. The molecule has 148 valence electrons. The number of rotatable bonds is 5. The standard InChI is InChI=1S/C15H10F4N4O5/c1-7(10-6-9(16)2-3-13(10)24)20-21-14-11(22(25)26)4-8(15(17,18)19)5-12(14)23(27)28/h2-6,21,24H,1H3/b20-7+. The number of phenols is 1. The summed E-state index contributed by atoms with van der Waals surface area (Å²) in [4.78, 5) is 19.8. The molecule has 0 spiro atoms. The van der Waals surface area contributed by atoms with E-state index in [9.17, 15) is 42.9 Å². The number of nitro benzene ring substituents is 2.